The summed E-state index contributed by atoms with van der Waals surface area (Å²) in [5.74, 6) is -8.03. The lowest BCUT2D eigenvalue weighted by Crippen LogP contribution is -3.00. The van der Waals surface area contributed by atoms with Crippen molar-refractivity contribution in [1.29, 1.82) is 0 Å². The number of ketones is 1. The molecule has 12 rings (SSSR count). The first kappa shape index (κ1) is 78.1. The van der Waals surface area contributed by atoms with E-state index in [1.807, 2.05) is 23.1 Å². The van der Waals surface area contributed by atoms with Crippen LogP contribution in [0.2, 0.25) is 0 Å². The number of piperidine rings is 1. The normalized spacial score (nSPS) is 24.3. The Bertz CT molecular complexity index is 4600. The molecule has 7 aliphatic rings. The minimum absolute atomic E-state index is 0. The SMILES string of the molecule is CCN(CC)c1ccc2c(-c3ccccc3C(=O)OCC3CCN(/C=C/C(=O)OC(C(=O)O[C@H]4C[C@@]5(O)[C@@H](OC(=O)c6ccccc6)[C@@H]6[C@]7(OC(C)=O)CO[C@@H]7C[C@H](O)[C@@]6(C)C(=O)[C@H](OC(C)=O)C(=C4C)C5(C)C)[C@@H](NC(=O)c4ccccc4)c4ccccc4)CC3)c3ccc(=[N+](CC)CC)cc-3oc2c1.[Cl-]. The molecule has 3 N–H and O–H groups in total. The fourth-order valence-corrected chi connectivity index (χ4v) is 16.8. The van der Waals surface area contributed by atoms with Crippen LogP contribution in [0.1, 0.15) is 138 Å². The first-order valence-corrected chi connectivity index (χ1v) is 36.5. The van der Waals surface area contributed by atoms with Gasteiger partial charge >= 0.3 is 35.8 Å². The van der Waals surface area contributed by atoms with Crippen LogP contribution in [0, 0.1) is 22.7 Å². The van der Waals surface area contributed by atoms with Gasteiger partial charge in [-0.05, 0) is 131 Å². The molecule has 5 aromatic rings. The third-order valence-electron chi connectivity index (χ3n) is 22.6. The number of aliphatic hydroxyl groups excluding tert-OH is 1. The van der Waals surface area contributed by atoms with E-state index in [4.69, 9.17) is 37.6 Å². The number of esters is 6. The zero-order valence-corrected chi connectivity index (χ0v) is 62.7. The Kier molecular flexibility index (Phi) is 23.5. The van der Waals surface area contributed by atoms with E-state index >= 15 is 9.59 Å². The van der Waals surface area contributed by atoms with Crippen molar-refractivity contribution in [3.05, 3.63) is 203 Å². The van der Waals surface area contributed by atoms with E-state index in [1.165, 1.54) is 26.0 Å². The van der Waals surface area contributed by atoms with E-state index in [0.29, 0.717) is 54.0 Å². The highest BCUT2D eigenvalue weighted by Crippen LogP contribution is 2.65. The molecule has 0 radical (unpaired) electrons. The van der Waals surface area contributed by atoms with E-state index < -0.39 is 125 Å². The number of carbonyl (C=O) groups is 8. The van der Waals surface area contributed by atoms with Gasteiger partial charge in [0, 0.05) is 110 Å². The molecule has 22 nitrogen and oxygen atoms in total. The Balaban J connectivity index is 0.0000114. The second-order valence-electron chi connectivity index (χ2n) is 28.9. The lowest BCUT2D eigenvalue weighted by molar-refractivity contribution is -0.346. The molecule has 4 fully saturated rings. The largest absolute Gasteiger partial charge is 1.00 e. The van der Waals surface area contributed by atoms with Crippen LogP contribution < -0.4 is 32.6 Å². The highest BCUT2D eigenvalue weighted by molar-refractivity contribution is 6.08. The number of amides is 1. The molecule has 0 aromatic heterocycles. The standard InChI is InChI=1S/C84H92N4O18.ClH/c1-11-87(12-2)57-34-36-61-63(44-57)102-64-45-58(88(13-3)14-4)35-37-62(64)69(61)59-32-24-25-33-60(59)79(96)99-48-53-38-41-86(42-39-53)43-40-68(92)104-73(71(54-26-18-15-19-27-54)85-77(94)55-28-20-16-21-29-55)80(97)103-65-47-84(98)76(105-78(95)56-30-22-17-23-31-56)74-82(10,66(91)46-67-83(74,49-100-67)106-52(7)90)75(93)72(101-51(6)89)70(50(65)5)81(84,8)9;/h15-37,40,43-45,53,65-67,71-74,76,91,98H,11-14,38-39,41-42,46-49H2,1-10H3;1H/b43-40+;/t65-,66-,67+,71-,72+,73?,74-,76-,82+,83-,84+;/m0./s1. The molecule has 23 heteroatoms. The minimum Gasteiger partial charge on any atom is -1.00 e. The number of benzene rings is 6. The number of fused-ring (bicyclic) bond motifs is 7. The first-order valence-electron chi connectivity index (χ1n) is 36.5. The minimum atomic E-state index is -2.51. The number of halogens is 1. The maximum absolute atomic E-state index is 16.0. The number of nitrogens with zero attached hydrogens (tertiary/aromatic N) is 3. The van der Waals surface area contributed by atoms with Gasteiger partial charge in [0.2, 0.25) is 11.5 Å². The van der Waals surface area contributed by atoms with Crippen molar-refractivity contribution in [2.75, 3.05) is 57.4 Å². The van der Waals surface area contributed by atoms with Crippen LogP contribution in [0.15, 0.2) is 179 Å². The van der Waals surface area contributed by atoms with Crippen LogP contribution >= 0.6 is 0 Å². The molecule has 2 saturated carbocycles. The Morgan fingerprint density at radius 1 is 0.757 bits per heavy atom. The molecule has 107 heavy (non-hydrogen) atoms. The third-order valence-corrected chi connectivity index (χ3v) is 22.6. The molecule has 1 unspecified atom stereocenters. The third kappa shape index (κ3) is 15.0. The number of ether oxygens (including phenoxy) is 7. The van der Waals surface area contributed by atoms with Crippen LogP contribution in [-0.2, 0) is 57.1 Å². The van der Waals surface area contributed by atoms with E-state index in [1.54, 1.807) is 105 Å². The van der Waals surface area contributed by atoms with E-state index in [9.17, 15) is 39.0 Å². The van der Waals surface area contributed by atoms with Crippen molar-refractivity contribution in [2.24, 2.45) is 22.7 Å². The van der Waals surface area contributed by atoms with Gasteiger partial charge in [-0.3, -0.25) is 19.2 Å². The maximum atomic E-state index is 16.0. The number of nitrogens with one attached hydrogen (secondary N) is 1. The second-order valence-corrected chi connectivity index (χ2v) is 28.9. The topological polar surface area (TPSA) is 276 Å². The first-order chi connectivity index (χ1) is 50.8. The molecule has 0 spiro atoms. The number of carbonyl (C=O) groups excluding carboxylic acids is 8. The lowest BCUT2D eigenvalue weighted by Gasteiger charge is -2.67. The Hall–Kier alpha value is -10.0. The van der Waals surface area contributed by atoms with Gasteiger partial charge in [0.15, 0.2) is 17.5 Å². The highest BCUT2D eigenvalue weighted by Gasteiger charge is 2.78. The zero-order valence-electron chi connectivity index (χ0n) is 61.9. The average molecular weight is 1480 g/mol. The summed E-state index contributed by atoms with van der Waals surface area (Å²) in [7, 11) is 0. The quantitative estimate of drug-likeness (QED) is 0.0147. The number of likely N-dealkylation sites (tertiary alicyclic amines) is 1. The van der Waals surface area contributed by atoms with Gasteiger partial charge < -0.3 is 75.3 Å². The summed E-state index contributed by atoms with van der Waals surface area (Å²) in [5, 5.41) is 31.4. The number of hydrogen-bond acceptors (Lipinski definition) is 20. The summed E-state index contributed by atoms with van der Waals surface area (Å²) in [6, 6.07) is 42.7. The predicted molar refractivity (Wildman–Crippen MR) is 393 cm³/mol. The van der Waals surface area contributed by atoms with Gasteiger partial charge in [-0.2, -0.15) is 0 Å². The van der Waals surface area contributed by atoms with Crippen molar-refractivity contribution in [2.45, 2.75) is 149 Å². The summed E-state index contributed by atoms with van der Waals surface area (Å²) in [6.45, 7) is 20.6. The summed E-state index contributed by atoms with van der Waals surface area (Å²) in [6.07, 6.45) is -7.26. The van der Waals surface area contributed by atoms with Gasteiger partial charge in [0.1, 0.15) is 54.4 Å². The lowest BCUT2D eigenvalue weighted by atomic mass is 9.44. The number of anilines is 1. The molecule has 11 atom stereocenters. The van der Waals surface area contributed by atoms with E-state index in [-0.39, 0.29) is 60.2 Å². The monoisotopic (exact) mass is 1480 g/mol. The molecule has 3 heterocycles. The van der Waals surface area contributed by atoms with Crippen molar-refractivity contribution in [3.8, 4) is 22.5 Å². The number of aliphatic hydroxyl groups is 2. The number of hydrogen-bond donors (Lipinski definition) is 3. The molecule has 4 aliphatic carbocycles. The van der Waals surface area contributed by atoms with Crippen molar-refractivity contribution >= 4 is 64.2 Å². The summed E-state index contributed by atoms with van der Waals surface area (Å²) in [4.78, 5) is 121. The summed E-state index contributed by atoms with van der Waals surface area (Å²) < 4.78 is 52.8. The van der Waals surface area contributed by atoms with Gasteiger partial charge in [-0.15, -0.1) is 0 Å². The van der Waals surface area contributed by atoms with Crippen LogP contribution in [0.25, 0.3) is 33.4 Å². The average Bonchev–Trinajstić information content (AvgIpc) is 0.668. The van der Waals surface area contributed by atoms with Gasteiger partial charge in [0.05, 0.1) is 47.8 Å². The fourth-order valence-electron chi connectivity index (χ4n) is 16.8. The zero-order chi connectivity index (χ0) is 75.6. The molecule has 564 valence electrons. The fraction of sp³-hybridized carbons (Fsp3) is 0.417. The molecule has 5 aromatic carbocycles. The van der Waals surface area contributed by atoms with Gasteiger partial charge in [-0.1, -0.05) is 98.8 Å². The van der Waals surface area contributed by atoms with E-state index in [0.717, 1.165) is 73.7 Å². The molecule has 3 aliphatic heterocycles. The van der Waals surface area contributed by atoms with Crippen molar-refractivity contribution in [3.63, 3.8) is 0 Å². The van der Waals surface area contributed by atoms with Gasteiger partial charge in [-0.25, -0.2) is 23.8 Å². The van der Waals surface area contributed by atoms with Crippen LogP contribution in [0.4, 0.5) is 5.69 Å². The molecule has 1 amide bonds. The molecular weight excluding hydrogens is 1390 g/mol. The summed E-state index contributed by atoms with van der Waals surface area (Å²) >= 11 is 0. The number of Topliss-reactive ketones (excluding diaryl/α,β-unsaturated/α-hetero) is 1. The van der Waals surface area contributed by atoms with E-state index in [2.05, 4.69) is 78.9 Å². The second kappa shape index (κ2) is 32.2. The van der Waals surface area contributed by atoms with Crippen LogP contribution in [0.3, 0.4) is 0 Å². The molecular formula is C84H93ClN4O18. The van der Waals surface area contributed by atoms with Crippen LogP contribution in [0.5, 0.6) is 0 Å². The van der Waals surface area contributed by atoms with Crippen molar-refractivity contribution in [1.82, 2.24) is 14.8 Å². The maximum Gasteiger partial charge on any atom is 0.350 e. The van der Waals surface area contributed by atoms with Gasteiger partial charge in [0.25, 0.3) is 5.91 Å². The molecule has 2 saturated heterocycles. The Morgan fingerprint density at radius 2 is 1.40 bits per heavy atom. The van der Waals surface area contributed by atoms with Crippen molar-refractivity contribution < 1.29 is 98.6 Å². The Labute approximate surface area is 628 Å². The number of rotatable bonds is 22. The Morgan fingerprint density at radius 3 is 2.03 bits per heavy atom. The highest BCUT2D eigenvalue weighted by atomic mass is 35.5. The molecule has 2 bridgehead atoms. The van der Waals surface area contributed by atoms with Crippen LogP contribution in [-0.4, -0.2) is 163 Å². The predicted octanol–water partition coefficient (Wildman–Crippen LogP) is 7.55. The summed E-state index contributed by atoms with van der Waals surface area (Å²) in [5.41, 5.74) is -3.17. The smallest absolute Gasteiger partial charge is 0.350 e.